The van der Waals surface area contributed by atoms with Crippen LogP contribution in [0.1, 0.15) is 23.5 Å². The van der Waals surface area contributed by atoms with E-state index in [1.807, 2.05) is 30.3 Å². The lowest BCUT2D eigenvalue weighted by Gasteiger charge is -2.16. The van der Waals surface area contributed by atoms with Gasteiger partial charge < -0.3 is 9.84 Å². The number of hydrogen-bond acceptors (Lipinski definition) is 2. The molecule has 0 fully saturated rings. The Hall–Kier alpha value is -1.22. The number of hydrogen-bond donors (Lipinski definition) is 1. The number of aliphatic hydroxyl groups is 1. The number of benzene rings is 2. The van der Waals surface area contributed by atoms with Crippen LogP contribution in [0.15, 0.2) is 42.5 Å². The van der Waals surface area contributed by atoms with Crippen molar-refractivity contribution in [3.05, 3.63) is 63.6 Å². The number of ether oxygens (including phenoxy) is 1. The van der Waals surface area contributed by atoms with Crippen LogP contribution in [-0.4, -0.2) is 18.8 Å². The molecule has 0 saturated carbocycles. The Bertz CT molecular complexity index is 582. The van der Waals surface area contributed by atoms with Gasteiger partial charge in [-0.15, -0.1) is 0 Å². The van der Waals surface area contributed by atoms with E-state index in [9.17, 15) is 5.11 Å². The molecule has 0 aliphatic rings. The molecule has 0 radical (unpaired) electrons. The van der Waals surface area contributed by atoms with Crippen LogP contribution in [0, 0.1) is 0 Å². The molecule has 0 bridgehead atoms. The number of aliphatic hydroxyl groups excluding tert-OH is 1. The monoisotopic (exact) mass is 324 g/mol. The van der Waals surface area contributed by atoms with Gasteiger partial charge in [-0.25, -0.2) is 0 Å². The summed E-state index contributed by atoms with van der Waals surface area (Å²) >= 11 is 12.1. The molecule has 2 aromatic rings. The quantitative estimate of drug-likeness (QED) is 0.833. The Labute approximate surface area is 135 Å². The molecule has 0 saturated heterocycles. The van der Waals surface area contributed by atoms with E-state index >= 15 is 0 Å². The number of aryl methyl sites for hydroxylation is 1. The Morgan fingerprint density at radius 1 is 1.10 bits per heavy atom. The zero-order valence-electron chi connectivity index (χ0n) is 11.9. The van der Waals surface area contributed by atoms with Crippen LogP contribution in [0.5, 0.6) is 5.75 Å². The van der Waals surface area contributed by atoms with Crippen LogP contribution in [0.25, 0.3) is 0 Å². The first kappa shape index (κ1) is 16.2. The summed E-state index contributed by atoms with van der Waals surface area (Å²) in [5.41, 5.74) is 2.15. The summed E-state index contributed by atoms with van der Waals surface area (Å²) in [6.07, 6.45) is 1.69. The first-order valence-corrected chi connectivity index (χ1v) is 7.58. The van der Waals surface area contributed by atoms with Gasteiger partial charge in [0.2, 0.25) is 0 Å². The first-order chi connectivity index (χ1) is 10.1. The molecule has 2 aromatic carbocycles. The largest absolute Gasteiger partial charge is 0.497 e. The van der Waals surface area contributed by atoms with Crippen molar-refractivity contribution in [3.8, 4) is 5.75 Å². The average molecular weight is 325 g/mol. The zero-order chi connectivity index (χ0) is 15.2. The van der Waals surface area contributed by atoms with Gasteiger partial charge in [-0.3, -0.25) is 0 Å². The van der Waals surface area contributed by atoms with Crippen LogP contribution in [0.3, 0.4) is 0 Å². The lowest BCUT2D eigenvalue weighted by molar-refractivity contribution is 0.259. The van der Waals surface area contributed by atoms with Crippen LogP contribution < -0.4 is 4.74 Å². The van der Waals surface area contributed by atoms with Crippen molar-refractivity contribution in [2.45, 2.75) is 18.8 Å². The minimum absolute atomic E-state index is 0.0110. The summed E-state index contributed by atoms with van der Waals surface area (Å²) < 4.78 is 5.14. The van der Waals surface area contributed by atoms with Gasteiger partial charge in [-0.1, -0.05) is 41.4 Å². The van der Waals surface area contributed by atoms with Crippen molar-refractivity contribution >= 4 is 23.2 Å². The van der Waals surface area contributed by atoms with Crippen LogP contribution >= 0.6 is 23.2 Å². The first-order valence-electron chi connectivity index (χ1n) is 6.82. The van der Waals surface area contributed by atoms with Crippen molar-refractivity contribution in [2.24, 2.45) is 0 Å². The molecule has 1 atom stereocenters. The fourth-order valence-corrected chi connectivity index (χ4v) is 2.87. The van der Waals surface area contributed by atoms with Crippen molar-refractivity contribution in [1.82, 2.24) is 0 Å². The maximum atomic E-state index is 9.62. The number of methoxy groups -OCH3 is 1. The lowest BCUT2D eigenvalue weighted by Crippen LogP contribution is -2.06. The molecule has 1 N–H and O–H groups in total. The maximum Gasteiger partial charge on any atom is 0.118 e. The van der Waals surface area contributed by atoms with E-state index in [4.69, 9.17) is 27.9 Å². The Balaban J connectivity index is 2.04. The summed E-state index contributed by atoms with van der Waals surface area (Å²) in [6.45, 7) is 0.0670. The van der Waals surface area contributed by atoms with Crippen molar-refractivity contribution in [1.29, 1.82) is 0 Å². The molecule has 2 nitrogen and oxygen atoms in total. The van der Waals surface area contributed by atoms with E-state index in [0.717, 1.165) is 24.2 Å². The second kappa shape index (κ2) is 7.69. The smallest absolute Gasteiger partial charge is 0.118 e. The highest BCUT2D eigenvalue weighted by molar-refractivity contribution is 6.35. The fraction of sp³-hybridized carbons (Fsp3) is 0.294. The van der Waals surface area contributed by atoms with Crippen molar-refractivity contribution < 1.29 is 9.84 Å². The summed E-state index contributed by atoms with van der Waals surface area (Å²) in [5.74, 6) is 0.857. The van der Waals surface area contributed by atoms with Crippen molar-refractivity contribution in [2.75, 3.05) is 13.7 Å². The predicted octanol–water partition coefficient (Wildman–Crippen LogP) is 4.71. The van der Waals surface area contributed by atoms with Crippen LogP contribution in [0.4, 0.5) is 0 Å². The highest BCUT2D eigenvalue weighted by Crippen LogP contribution is 2.30. The third-order valence-corrected chi connectivity index (χ3v) is 4.13. The van der Waals surface area contributed by atoms with Gasteiger partial charge in [0.25, 0.3) is 0 Å². The highest BCUT2D eigenvalue weighted by Gasteiger charge is 2.14. The number of rotatable bonds is 6. The van der Waals surface area contributed by atoms with Gasteiger partial charge >= 0.3 is 0 Å². The third kappa shape index (κ3) is 4.37. The van der Waals surface area contributed by atoms with E-state index in [1.165, 1.54) is 5.56 Å². The molecule has 4 heteroatoms. The van der Waals surface area contributed by atoms with Gasteiger partial charge in [0, 0.05) is 22.6 Å². The van der Waals surface area contributed by atoms with E-state index in [2.05, 4.69) is 0 Å². The average Bonchev–Trinajstić information content (AvgIpc) is 2.50. The summed E-state index contributed by atoms with van der Waals surface area (Å²) in [7, 11) is 1.65. The molecule has 2 rings (SSSR count). The SMILES string of the molecule is COc1ccc(CC[C@H](CO)c2ccc(Cl)cc2Cl)cc1. The molecule has 0 aliphatic heterocycles. The molecule has 0 unspecified atom stereocenters. The van der Waals surface area contributed by atoms with E-state index in [1.54, 1.807) is 19.2 Å². The normalized spacial score (nSPS) is 12.2. The topological polar surface area (TPSA) is 29.5 Å². The second-order valence-electron chi connectivity index (χ2n) is 4.93. The molecule has 0 amide bonds. The van der Waals surface area contributed by atoms with E-state index in [0.29, 0.717) is 10.0 Å². The molecular formula is C17H18Cl2O2. The van der Waals surface area contributed by atoms with Gasteiger partial charge in [0.05, 0.1) is 7.11 Å². The molecule has 0 heterocycles. The van der Waals surface area contributed by atoms with Gasteiger partial charge in [-0.2, -0.15) is 0 Å². The van der Waals surface area contributed by atoms with Crippen LogP contribution in [0.2, 0.25) is 10.0 Å². The minimum Gasteiger partial charge on any atom is -0.497 e. The molecule has 0 spiro atoms. The van der Waals surface area contributed by atoms with Crippen LogP contribution in [-0.2, 0) is 6.42 Å². The fourth-order valence-electron chi connectivity index (χ4n) is 2.31. The number of halogens is 2. The lowest BCUT2D eigenvalue weighted by atomic mass is 9.93. The third-order valence-electron chi connectivity index (χ3n) is 3.56. The maximum absolute atomic E-state index is 9.62. The van der Waals surface area contributed by atoms with Gasteiger partial charge in [0.15, 0.2) is 0 Å². The Kier molecular flexibility index (Phi) is 5.92. The highest BCUT2D eigenvalue weighted by atomic mass is 35.5. The summed E-state index contributed by atoms with van der Waals surface area (Å²) in [4.78, 5) is 0. The molecule has 0 aromatic heterocycles. The molecule has 112 valence electrons. The summed E-state index contributed by atoms with van der Waals surface area (Å²) in [6, 6.07) is 13.4. The zero-order valence-corrected chi connectivity index (χ0v) is 13.4. The Morgan fingerprint density at radius 2 is 1.81 bits per heavy atom. The second-order valence-corrected chi connectivity index (χ2v) is 5.78. The predicted molar refractivity (Wildman–Crippen MR) is 87.6 cm³/mol. The van der Waals surface area contributed by atoms with Crippen molar-refractivity contribution in [3.63, 3.8) is 0 Å². The molecular weight excluding hydrogens is 307 g/mol. The van der Waals surface area contributed by atoms with E-state index < -0.39 is 0 Å². The Morgan fingerprint density at radius 3 is 2.38 bits per heavy atom. The standard InChI is InChI=1S/C17H18Cl2O2/c1-21-15-7-3-12(4-8-15)2-5-13(11-20)16-9-6-14(18)10-17(16)19/h3-4,6-10,13,20H,2,5,11H2,1H3/t13-/m1/s1. The van der Waals surface area contributed by atoms with E-state index in [-0.39, 0.29) is 12.5 Å². The van der Waals surface area contributed by atoms with Gasteiger partial charge in [-0.05, 0) is 48.2 Å². The summed E-state index contributed by atoms with van der Waals surface area (Å²) in [5, 5.41) is 10.8. The van der Waals surface area contributed by atoms with Gasteiger partial charge in [0.1, 0.15) is 5.75 Å². The molecule has 21 heavy (non-hydrogen) atoms. The molecule has 0 aliphatic carbocycles. The minimum atomic E-state index is 0.0110.